The number of benzene rings is 2. The van der Waals surface area contributed by atoms with E-state index in [1.807, 2.05) is 18.2 Å². The third-order valence-corrected chi connectivity index (χ3v) is 3.78. The Kier molecular flexibility index (Phi) is 3.94. The molecule has 0 heterocycles. The number of amidine groups is 1. The maximum absolute atomic E-state index is 7.57. The molecule has 18 heavy (non-hydrogen) atoms. The standard InChI is InChI=1S/C14H13ClN2S/c1-9-2-5-11(6-3-9)18-13-8-10(15)4-7-12(13)14(16)17/h2-8H,1H3,(H3,16,17). The van der Waals surface area contributed by atoms with E-state index < -0.39 is 0 Å². The van der Waals surface area contributed by atoms with E-state index >= 15 is 0 Å². The van der Waals surface area contributed by atoms with Crippen molar-refractivity contribution in [1.82, 2.24) is 0 Å². The van der Waals surface area contributed by atoms with Gasteiger partial charge in [0.05, 0.1) is 0 Å². The third-order valence-electron chi connectivity index (χ3n) is 2.48. The molecule has 0 radical (unpaired) electrons. The second-order valence-electron chi connectivity index (χ2n) is 3.97. The van der Waals surface area contributed by atoms with E-state index in [0.29, 0.717) is 10.6 Å². The number of nitrogens with one attached hydrogen (secondary N) is 1. The summed E-state index contributed by atoms with van der Waals surface area (Å²) in [6, 6.07) is 13.6. The van der Waals surface area contributed by atoms with Gasteiger partial charge in [0, 0.05) is 20.4 Å². The van der Waals surface area contributed by atoms with Gasteiger partial charge in [-0.2, -0.15) is 0 Å². The fourth-order valence-corrected chi connectivity index (χ4v) is 2.77. The van der Waals surface area contributed by atoms with Crippen molar-refractivity contribution < 1.29 is 0 Å². The summed E-state index contributed by atoms with van der Waals surface area (Å²) < 4.78 is 0. The van der Waals surface area contributed by atoms with E-state index in [1.54, 1.807) is 23.9 Å². The van der Waals surface area contributed by atoms with Gasteiger partial charge in [-0.1, -0.05) is 41.1 Å². The van der Waals surface area contributed by atoms with Crippen molar-refractivity contribution in [3.8, 4) is 0 Å². The van der Waals surface area contributed by atoms with Crippen molar-refractivity contribution in [3.05, 3.63) is 58.6 Å². The Labute approximate surface area is 116 Å². The minimum absolute atomic E-state index is 0.0567. The van der Waals surface area contributed by atoms with Crippen molar-refractivity contribution >= 4 is 29.2 Å². The zero-order valence-electron chi connectivity index (χ0n) is 9.91. The van der Waals surface area contributed by atoms with E-state index in [2.05, 4.69) is 19.1 Å². The summed E-state index contributed by atoms with van der Waals surface area (Å²) >= 11 is 7.55. The number of aryl methyl sites for hydroxylation is 1. The highest BCUT2D eigenvalue weighted by Crippen LogP contribution is 2.32. The van der Waals surface area contributed by atoms with Gasteiger partial charge >= 0.3 is 0 Å². The molecule has 92 valence electrons. The van der Waals surface area contributed by atoms with E-state index in [-0.39, 0.29) is 5.84 Å². The molecule has 2 rings (SSSR count). The molecule has 2 nitrogen and oxygen atoms in total. The maximum Gasteiger partial charge on any atom is 0.123 e. The molecule has 0 amide bonds. The molecule has 0 fully saturated rings. The first-order valence-corrected chi connectivity index (χ1v) is 6.64. The first kappa shape index (κ1) is 13.0. The molecule has 0 spiro atoms. The molecule has 2 aromatic rings. The lowest BCUT2D eigenvalue weighted by Crippen LogP contribution is -2.12. The second kappa shape index (κ2) is 5.46. The molecule has 0 atom stereocenters. The lowest BCUT2D eigenvalue weighted by atomic mass is 10.2. The molecule has 0 unspecified atom stereocenters. The molecule has 0 saturated carbocycles. The predicted octanol–water partition coefficient (Wildman–Crippen LogP) is 4.08. The van der Waals surface area contributed by atoms with Crippen molar-refractivity contribution in [2.45, 2.75) is 16.7 Å². The predicted molar refractivity (Wildman–Crippen MR) is 77.8 cm³/mol. The lowest BCUT2D eigenvalue weighted by Gasteiger charge is -2.08. The Morgan fingerprint density at radius 1 is 1.17 bits per heavy atom. The smallest absolute Gasteiger partial charge is 0.123 e. The number of nitrogens with two attached hydrogens (primary N) is 1. The Hall–Kier alpha value is -1.45. The van der Waals surface area contributed by atoms with Gasteiger partial charge in [0.2, 0.25) is 0 Å². The minimum Gasteiger partial charge on any atom is -0.384 e. The SMILES string of the molecule is Cc1ccc(Sc2cc(Cl)ccc2C(=N)N)cc1. The van der Waals surface area contributed by atoms with Gasteiger partial charge in [0.25, 0.3) is 0 Å². The number of hydrogen-bond acceptors (Lipinski definition) is 2. The number of hydrogen-bond donors (Lipinski definition) is 2. The normalized spacial score (nSPS) is 10.3. The highest BCUT2D eigenvalue weighted by atomic mass is 35.5. The maximum atomic E-state index is 7.57. The molecule has 3 N–H and O–H groups in total. The van der Waals surface area contributed by atoms with Crippen LogP contribution in [0.15, 0.2) is 52.3 Å². The van der Waals surface area contributed by atoms with Crippen LogP contribution in [0.1, 0.15) is 11.1 Å². The topological polar surface area (TPSA) is 49.9 Å². The largest absolute Gasteiger partial charge is 0.384 e. The van der Waals surface area contributed by atoms with Crippen molar-refractivity contribution in [1.29, 1.82) is 5.41 Å². The van der Waals surface area contributed by atoms with Crippen LogP contribution in [0, 0.1) is 12.3 Å². The number of rotatable bonds is 3. The third kappa shape index (κ3) is 3.06. The van der Waals surface area contributed by atoms with Crippen LogP contribution in [0.25, 0.3) is 0 Å². The second-order valence-corrected chi connectivity index (χ2v) is 5.52. The van der Waals surface area contributed by atoms with Crippen LogP contribution in [0.5, 0.6) is 0 Å². The summed E-state index contributed by atoms with van der Waals surface area (Å²) in [5, 5.41) is 8.22. The zero-order chi connectivity index (χ0) is 13.1. The Morgan fingerprint density at radius 2 is 1.83 bits per heavy atom. The molecule has 2 aromatic carbocycles. The molecule has 0 saturated heterocycles. The quantitative estimate of drug-likeness (QED) is 0.655. The molecule has 4 heteroatoms. The summed E-state index contributed by atoms with van der Waals surface area (Å²) in [7, 11) is 0. The highest BCUT2D eigenvalue weighted by Gasteiger charge is 2.08. The minimum atomic E-state index is 0.0567. The highest BCUT2D eigenvalue weighted by molar-refractivity contribution is 7.99. The summed E-state index contributed by atoms with van der Waals surface area (Å²) in [5.41, 5.74) is 7.50. The Morgan fingerprint density at radius 3 is 2.44 bits per heavy atom. The van der Waals surface area contributed by atoms with Crippen molar-refractivity contribution in [2.24, 2.45) is 5.73 Å². The zero-order valence-corrected chi connectivity index (χ0v) is 11.5. The van der Waals surface area contributed by atoms with Gasteiger partial charge in [-0.05, 0) is 37.3 Å². The van der Waals surface area contributed by atoms with Crippen LogP contribution in [0.4, 0.5) is 0 Å². The summed E-state index contributed by atoms with van der Waals surface area (Å²) in [4.78, 5) is 2.00. The van der Waals surface area contributed by atoms with E-state index in [9.17, 15) is 0 Å². The average molecular weight is 277 g/mol. The Balaban J connectivity index is 2.35. The monoisotopic (exact) mass is 276 g/mol. The van der Waals surface area contributed by atoms with Crippen LogP contribution < -0.4 is 5.73 Å². The summed E-state index contributed by atoms with van der Waals surface area (Å²) in [6.45, 7) is 2.05. The molecule has 0 aliphatic carbocycles. The lowest BCUT2D eigenvalue weighted by molar-refractivity contribution is 1.32. The van der Waals surface area contributed by atoms with Crippen LogP contribution in [-0.2, 0) is 0 Å². The molecule has 0 aliphatic rings. The molecule has 0 aromatic heterocycles. The van der Waals surface area contributed by atoms with Gasteiger partial charge < -0.3 is 5.73 Å². The fourth-order valence-electron chi connectivity index (χ4n) is 1.54. The van der Waals surface area contributed by atoms with Crippen molar-refractivity contribution in [3.63, 3.8) is 0 Å². The summed E-state index contributed by atoms with van der Waals surface area (Å²) in [5.74, 6) is 0.0567. The van der Waals surface area contributed by atoms with Crippen LogP contribution in [0.2, 0.25) is 5.02 Å². The molecule has 0 bridgehead atoms. The molecular formula is C14H13ClN2S. The van der Waals surface area contributed by atoms with Gasteiger partial charge in [-0.15, -0.1) is 0 Å². The van der Waals surface area contributed by atoms with Gasteiger partial charge in [-0.3, -0.25) is 5.41 Å². The van der Waals surface area contributed by atoms with E-state index in [1.165, 1.54) is 5.56 Å². The number of nitrogen functional groups attached to an aromatic ring is 1. The van der Waals surface area contributed by atoms with Crippen LogP contribution in [-0.4, -0.2) is 5.84 Å². The van der Waals surface area contributed by atoms with Gasteiger partial charge in [0.1, 0.15) is 5.84 Å². The first-order valence-electron chi connectivity index (χ1n) is 5.45. The Bertz CT molecular complexity index is 579. The number of halogens is 1. The first-order chi connectivity index (χ1) is 8.56. The average Bonchev–Trinajstić information content (AvgIpc) is 2.32. The van der Waals surface area contributed by atoms with Crippen LogP contribution in [0.3, 0.4) is 0 Å². The van der Waals surface area contributed by atoms with Crippen LogP contribution >= 0.6 is 23.4 Å². The van der Waals surface area contributed by atoms with E-state index in [0.717, 1.165) is 9.79 Å². The fraction of sp³-hybridized carbons (Fsp3) is 0.0714. The van der Waals surface area contributed by atoms with Crippen molar-refractivity contribution in [2.75, 3.05) is 0 Å². The molecule has 0 aliphatic heterocycles. The van der Waals surface area contributed by atoms with Gasteiger partial charge in [0.15, 0.2) is 0 Å². The molecular weight excluding hydrogens is 264 g/mol. The van der Waals surface area contributed by atoms with Gasteiger partial charge in [-0.25, -0.2) is 0 Å². The summed E-state index contributed by atoms with van der Waals surface area (Å²) in [6.07, 6.45) is 0. The van der Waals surface area contributed by atoms with E-state index in [4.69, 9.17) is 22.7 Å².